The van der Waals surface area contributed by atoms with Crippen LogP contribution in [0.25, 0.3) is 0 Å². The molecular formula is C25H22ClNO3. The average Bonchev–Trinajstić information content (AvgIpc) is 3.55. The van der Waals surface area contributed by atoms with E-state index in [1.54, 1.807) is 24.3 Å². The monoisotopic (exact) mass is 419 g/mol. The molecule has 30 heavy (non-hydrogen) atoms. The van der Waals surface area contributed by atoms with Crippen LogP contribution < -0.4 is 0 Å². The van der Waals surface area contributed by atoms with Crippen LogP contribution in [-0.4, -0.2) is 21.9 Å². The Morgan fingerprint density at radius 3 is 2.07 bits per heavy atom. The topological polar surface area (TPSA) is 57.6 Å². The number of halogens is 1. The van der Waals surface area contributed by atoms with Gasteiger partial charge >= 0.3 is 5.97 Å². The van der Waals surface area contributed by atoms with Crippen molar-refractivity contribution in [1.29, 1.82) is 0 Å². The van der Waals surface area contributed by atoms with E-state index in [0.29, 0.717) is 18.1 Å². The van der Waals surface area contributed by atoms with E-state index in [9.17, 15) is 9.59 Å². The van der Waals surface area contributed by atoms with Gasteiger partial charge < -0.3 is 10.0 Å². The zero-order chi connectivity index (χ0) is 21.1. The fraction of sp³-hybridized carbons (Fsp3) is 0.200. The molecule has 0 radical (unpaired) electrons. The maximum absolute atomic E-state index is 13.3. The van der Waals surface area contributed by atoms with Crippen LogP contribution >= 0.6 is 11.6 Å². The fourth-order valence-electron chi connectivity index (χ4n) is 3.77. The zero-order valence-electron chi connectivity index (χ0n) is 16.4. The van der Waals surface area contributed by atoms with Gasteiger partial charge in [0.25, 0.3) is 0 Å². The number of carbonyl (C=O) groups is 2. The molecule has 0 unspecified atom stereocenters. The smallest absolute Gasteiger partial charge is 0.335 e. The van der Waals surface area contributed by atoms with Crippen LogP contribution in [0.2, 0.25) is 5.02 Å². The zero-order valence-corrected chi connectivity index (χ0v) is 17.1. The minimum Gasteiger partial charge on any atom is -0.478 e. The van der Waals surface area contributed by atoms with Crippen LogP contribution in [0.1, 0.15) is 39.4 Å². The van der Waals surface area contributed by atoms with Gasteiger partial charge in [-0.15, -0.1) is 0 Å². The molecule has 4 rings (SSSR count). The van der Waals surface area contributed by atoms with Gasteiger partial charge in [-0.25, -0.2) is 4.79 Å². The minimum absolute atomic E-state index is 0.0341. The quantitative estimate of drug-likeness (QED) is 0.560. The Morgan fingerprint density at radius 2 is 1.47 bits per heavy atom. The van der Waals surface area contributed by atoms with Gasteiger partial charge in [0, 0.05) is 24.0 Å². The Bertz CT molecular complexity index is 1030. The normalized spacial score (nSPS) is 17.4. The molecule has 0 heterocycles. The summed E-state index contributed by atoms with van der Waals surface area (Å²) in [6.07, 6.45) is 0.837. The molecule has 1 aliphatic carbocycles. The summed E-state index contributed by atoms with van der Waals surface area (Å²) >= 11 is 5.99. The molecule has 4 nitrogen and oxygen atoms in total. The molecule has 2 atom stereocenters. The van der Waals surface area contributed by atoms with Crippen molar-refractivity contribution in [2.24, 2.45) is 5.92 Å². The summed E-state index contributed by atoms with van der Waals surface area (Å²) in [6, 6.07) is 24.3. The third-order valence-electron chi connectivity index (χ3n) is 5.51. The fourth-order valence-corrected chi connectivity index (χ4v) is 3.90. The number of rotatable bonds is 7. The number of carboxylic acids is 1. The Balaban J connectivity index is 1.51. The lowest BCUT2D eigenvalue weighted by atomic mass is 10.1. The van der Waals surface area contributed by atoms with E-state index in [1.165, 1.54) is 0 Å². The Kier molecular flexibility index (Phi) is 5.86. The number of nitrogens with zero attached hydrogens (tertiary/aromatic N) is 1. The van der Waals surface area contributed by atoms with E-state index >= 15 is 0 Å². The standard InChI is InChI=1S/C25H22ClNO3/c26-21-12-10-19(11-13-21)22-14-23(22)24(28)27(15-17-4-2-1-3-5-17)16-18-6-8-20(9-7-18)25(29)30/h1-13,22-23H,14-16H2,(H,29,30)/t22-,23+/m1/s1. The lowest BCUT2D eigenvalue weighted by molar-refractivity contribution is -0.134. The van der Waals surface area contributed by atoms with E-state index in [1.807, 2.05) is 59.5 Å². The molecule has 1 N–H and O–H groups in total. The molecule has 1 saturated carbocycles. The molecule has 0 spiro atoms. The predicted molar refractivity (Wildman–Crippen MR) is 116 cm³/mol. The summed E-state index contributed by atoms with van der Waals surface area (Å²) in [5, 5.41) is 9.80. The SMILES string of the molecule is O=C(O)c1ccc(CN(Cc2ccccc2)C(=O)[C@H]2C[C@@H]2c2ccc(Cl)cc2)cc1. The first kappa shape index (κ1) is 20.2. The van der Waals surface area contributed by atoms with Crippen molar-refractivity contribution >= 4 is 23.5 Å². The van der Waals surface area contributed by atoms with Crippen molar-refractivity contribution in [2.45, 2.75) is 25.4 Å². The molecule has 0 aliphatic heterocycles. The first-order chi connectivity index (χ1) is 14.5. The predicted octanol–water partition coefficient (Wildman–Crippen LogP) is 5.37. The number of benzene rings is 3. The summed E-state index contributed by atoms with van der Waals surface area (Å²) < 4.78 is 0. The van der Waals surface area contributed by atoms with Crippen LogP contribution in [0.5, 0.6) is 0 Å². The van der Waals surface area contributed by atoms with Crippen molar-refractivity contribution in [3.05, 3.63) is 106 Å². The van der Waals surface area contributed by atoms with Gasteiger partial charge in [0.2, 0.25) is 5.91 Å². The summed E-state index contributed by atoms with van der Waals surface area (Å²) in [5.41, 5.74) is 3.36. The first-order valence-electron chi connectivity index (χ1n) is 9.91. The summed E-state index contributed by atoms with van der Waals surface area (Å²) in [6.45, 7) is 0.960. The molecule has 3 aromatic carbocycles. The second kappa shape index (κ2) is 8.72. The number of hydrogen-bond acceptors (Lipinski definition) is 2. The van der Waals surface area contributed by atoms with Crippen LogP contribution in [0, 0.1) is 5.92 Å². The molecule has 3 aromatic rings. The first-order valence-corrected chi connectivity index (χ1v) is 10.3. The van der Waals surface area contributed by atoms with E-state index < -0.39 is 5.97 Å². The highest BCUT2D eigenvalue weighted by atomic mass is 35.5. The van der Waals surface area contributed by atoms with Crippen molar-refractivity contribution < 1.29 is 14.7 Å². The van der Waals surface area contributed by atoms with Gasteiger partial charge in [0.15, 0.2) is 0 Å². The van der Waals surface area contributed by atoms with Crippen LogP contribution in [0.3, 0.4) is 0 Å². The molecule has 1 amide bonds. The number of amides is 1. The molecule has 1 fully saturated rings. The Morgan fingerprint density at radius 1 is 0.867 bits per heavy atom. The van der Waals surface area contributed by atoms with Gasteiger partial charge in [-0.2, -0.15) is 0 Å². The van der Waals surface area contributed by atoms with Gasteiger partial charge in [-0.1, -0.05) is 66.2 Å². The Hall–Kier alpha value is -3.11. The molecule has 0 bridgehead atoms. The summed E-state index contributed by atoms with van der Waals surface area (Å²) in [4.78, 5) is 26.3. The van der Waals surface area contributed by atoms with Gasteiger partial charge in [0.05, 0.1) is 5.56 Å². The third kappa shape index (κ3) is 4.71. The van der Waals surface area contributed by atoms with Crippen molar-refractivity contribution in [3.8, 4) is 0 Å². The number of carbonyl (C=O) groups excluding carboxylic acids is 1. The van der Waals surface area contributed by atoms with Gasteiger partial charge in [-0.3, -0.25) is 4.79 Å². The van der Waals surface area contributed by atoms with Gasteiger partial charge in [0.1, 0.15) is 0 Å². The lowest BCUT2D eigenvalue weighted by Crippen LogP contribution is -2.31. The van der Waals surface area contributed by atoms with E-state index in [0.717, 1.165) is 23.1 Å². The second-order valence-corrected chi connectivity index (χ2v) is 8.12. The van der Waals surface area contributed by atoms with E-state index in [2.05, 4.69) is 0 Å². The van der Waals surface area contributed by atoms with Gasteiger partial charge in [-0.05, 0) is 53.3 Å². The molecule has 1 aliphatic rings. The highest BCUT2D eigenvalue weighted by Crippen LogP contribution is 2.48. The molecule has 152 valence electrons. The second-order valence-electron chi connectivity index (χ2n) is 7.68. The van der Waals surface area contributed by atoms with Crippen LogP contribution in [0.4, 0.5) is 0 Å². The summed E-state index contributed by atoms with van der Waals surface area (Å²) in [7, 11) is 0. The molecule has 5 heteroatoms. The molecule has 0 saturated heterocycles. The summed E-state index contributed by atoms with van der Waals surface area (Å²) in [5.74, 6) is -0.640. The third-order valence-corrected chi connectivity index (χ3v) is 5.76. The average molecular weight is 420 g/mol. The number of hydrogen-bond donors (Lipinski definition) is 1. The highest BCUT2D eigenvalue weighted by molar-refractivity contribution is 6.30. The number of aromatic carboxylic acids is 1. The van der Waals surface area contributed by atoms with E-state index in [-0.39, 0.29) is 23.3 Å². The molecular weight excluding hydrogens is 398 g/mol. The molecule has 0 aromatic heterocycles. The maximum atomic E-state index is 13.3. The lowest BCUT2D eigenvalue weighted by Gasteiger charge is -2.23. The van der Waals surface area contributed by atoms with E-state index in [4.69, 9.17) is 16.7 Å². The van der Waals surface area contributed by atoms with Crippen molar-refractivity contribution in [2.75, 3.05) is 0 Å². The van der Waals surface area contributed by atoms with Crippen molar-refractivity contribution in [1.82, 2.24) is 4.90 Å². The number of carboxylic acid groups (broad SMARTS) is 1. The Labute approximate surface area is 180 Å². The largest absolute Gasteiger partial charge is 0.478 e. The maximum Gasteiger partial charge on any atom is 0.335 e. The highest BCUT2D eigenvalue weighted by Gasteiger charge is 2.45. The van der Waals surface area contributed by atoms with Crippen molar-refractivity contribution in [3.63, 3.8) is 0 Å². The van der Waals surface area contributed by atoms with Crippen LogP contribution in [0.15, 0.2) is 78.9 Å². The minimum atomic E-state index is -0.956. The van der Waals surface area contributed by atoms with Crippen LogP contribution in [-0.2, 0) is 17.9 Å².